The second kappa shape index (κ2) is 7.24. The molecule has 1 aromatic carbocycles. The van der Waals surface area contributed by atoms with Crippen molar-refractivity contribution < 1.29 is 4.39 Å². The van der Waals surface area contributed by atoms with Gasteiger partial charge in [0, 0.05) is 37.0 Å². The van der Waals surface area contributed by atoms with Gasteiger partial charge in [-0.1, -0.05) is 24.4 Å². The summed E-state index contributed by atoms with van der Waals surface area (Å²) >= 11 is 4.85. The van der Waals surface area contributed by atoms with E-state index in [1.165, 1.54) is 6.07 Å². The van der Waals surface area contributed by atoms with Gasteiger partial charge in [0.15, 0.2) is 0 Å². The Hall–Kier alpha value is -1.85. The maximum atomic E-state index is 13.5. The molecule has 0 fully saturated rings. The first-order valence-corrected chi connectivity index (χ1v) is 7.14. The molecule has 0 atom stereocenters. The highest BCUT2D eigenvalue weighted by molar-refractivity contribution is 7.80. The van der Waals surface area contributed by atoms with Crippen LogP contribution in [-0.2, 0) is 13.0 Å². The Bertz CT molecular complexity index is 616. The molecule has 0 aliphatic heterocycles. The SMILES string of the molecule is CN(CCc1ccccn1)Cc1ccc(F)c(C(N)=S)c1. The number of benzene rings is 1. The Balaban J connectivity index is 1.95. The van der Waals surface area contributed by atoms with E-state index in [4.69, 9.17) is 18.0 Å². The van der Waals surface area contributed by atoms with Crippen LogP contribution >= 0.6 is 12.2 Å². The number of likely N-dealkylation sites (N-methyl/N-ethyl adjacent to an activating group) is 1. The van der Waals surface area contributed by atoms with Crippen molar-refractivity contribution in [1.82, 2.24) is 9.88 Å². The second-order valence-corrected chi connectivity index (χ2v) is 5.43. The maximum absolute atomic E-state index is 13.5. The fourth-order valence-electron chi connectivity index (χ4n) is 2.10. The normalized spacial score (nSPS) is 10.8. The molecule has 0 bridgehead atoms. The van der Waals surface area contributed by atoms with E-state index in [2.05, 4.69) is 9.88 Å². The molecule has 2 rings (SSSR count). The first-order chi connectivity index (χ1) is 10.1. The van der Waals surface area contributed by atoms with Gasteiger partial charge in [-0.25, -0.2) is 4.39 Å². The highest BCUT2D eigenvalue weighted by Gasteiger charge is 2.08. The van der Waals surface area contributed by atoms with Gasteiger partial charge in [-0.05, 0) is 36.9 Å². The Kier molecular flexibility index (Phi) is 5.36. The number of rotatable bonds is 6. The lowest BCUT2D eigenvalue weighted by Gasteiger charge is -2.17. The summed E-state index contributed by atoms with van der Waals surface area (Å²) in [6.07, 6.45) is 2.67. The van der Waals surface area contributed by atoms with E-state index in [1.807, 2.05) is 25.2 Å². The van der Waals surface area contributed by atoms with Crippen molar-refractivity contribution in [2.75, 3.05) is 13.6 Å². The molecule has 0 saturated carbocycles. The van der Waals surface area contributed by atoms with Crippen LogP contribution in [0.25, 0.3) is 0 Å². The van der Waals surface area contributed by atoms with Crippen LogP contribution in [0.3, 0.4) is 0 Å². The number of thiocarbonyl (C=S) groups is 1. The number of pyridine rings is 1. The molecule has 0 spiro atoms. The minimum atomic E-state index is -0.373. The van der Waals surface area contributed by atoms with Gasteiger partial charge in [-0.2, -0.15) is 0 Å². The summed E-state index contributed by atoms with van der Waals surface area (Å²) < 4.78 is 13.5. The minimum absolute atomic E-state index is 0.0884. The highest BCUT2D eigenvalue weighted by atomic mass is 32.1. The van der Waals surface area contributed by atoms with Crippen molar-refractivity contribution in [1.29, 1.82) is 0 Å². The van der Waals surface area contributed by atoms with Gasteiger partial charge >= 0.3 is 0 Å². The molecule has 21 heavy (non-hydrogen) atoms. The predicted octanol–water partition coefficient (Wildman–Crippen LogP) is 2.53. The quantitative estimate of drug-likeness (QED) is 0.833. The molecule has 110 valence electrons. The Morgan fingerprint density at radius 2 is 2.14 bits per heavy atom. The molecular weight excluding hydrogens is 285 g/mol. The number of hydrogen-bond donors (Lipinski definition) is 1. The molecular formula is C16H18FN3S. The number of nitrogens with zero attached hydrogens (tertiary/aromatic N) is 2. The molecule has 0 saturated heterocycles. The van der Waals surface area contributed by atoms with E-state index in [9.17, 15) is 4.39 Å². The summed E-state index contributed by atoms with van der Waals surface area (Å²) in [4.78, 5) is 6.54. The molecule has 0 radical (unpaired) electrons. The molecule has 2 N–H and O–H groups in total. The average molecular weight is 303 g/mol. The summed E-state index contributed by atoms with van der Waals surface area (Å²) in [6.45, 7) is 1.58. The largest absolute Gasteiger partial charge is 0.389 e. The summed E-state index contributed by atoms with van der Waals surface area (Å²) in [6, 6.07) is 10.8. The highest BCUT2D eigenvalue weighted by Crippen LogP contribution is 2.12. The molecule has 0 unspecified atom stereocenters. The standard InChI is InChI=1S/C16H18FN3S/c1-20(9-7-13-4-2-3-8-19-13)11-12-5-6-15(17)14(10-12)16(18)21/h2-6,8,10H,7,9,11H2,1H3,(H2,18,21). The lowest BCUT2D eigenvalue weighted by atomic mass is 10.1. The van der Waals surface area contributed by atoms with E-state index in [-0.39, 0.29) is 10.8 Å². The zero-order valence-corrected chi connectivity index (χ0v) is 12.7. The van der Waals surface area contributed by atoms with Gasteiger partial charge in [-0.3, -0.25) is 4.98 Å². The van der Waals surface area contributed by atoms with Gasteiger partial charge in [0.2, 0.25) is 0 Å². The maximum Gasteiger partial charge on any atom is 0.133 e. The predicted molar refractivity (Wildman–Crippen MR) is 86.6 cm³/mol. The Morgan fingerprint density at radius 1 is 1.33 bits per heavy atom. The second-order valence-electron chi connectivity index (χ2n) is 4.99. The Labute approximate surface area is 129 Å². The number of aromatic nitrogens is 1. The molecule has 0 amide bonds. The van der Waals surface area contributed by atoms with E-state index < -0.39 is 0 Å². The fourth-order valence-corrected chi connectivity index (χ4v) is 2.26. The minimum Gasteiger partial charge on any atom is -0.389 e. The van der Waals surface area contributed by atoms with Crippen molar-refractivity contribution in [3.63, 3.8) is 0 Å². The van der Waals surface area contributed by atoms with Crippen LogP contribution in [0.5, 0.6) is 0 Å². The van der Waals surface area contributed by atoms with Gasteiger partial charge in [0.1, 0.15) is 10.8 Å². The third-order valence-corrected chi connectivity index (χ3v) is 3.44. The van der Waals surface area contributed by atoms with Crippen molar-refractivity contribution >= 4 is 17.2 Å². The summed E-state index contributed by atoms with van der Waals surface area (Å²) in [5.41, 5.74) is 7.88. The first kappa shape index (κ1) is 15.5. The number of halogens is 1. The van der Waals surface area contributed by atoms with Crippen molar-refractivity contribution in [2.45, 2.75) is 13.0 Å². The molecule has 0 aliphatic rings. The summed E-state index contributed by atoms with van der Waals surface area (Å²) in [7, 11) is 2.02. The third kappa shape index (κ3) is 4.58. The third-order valence-electron chi connectivity index (χ3n) is 3.22. The Morgan fingerprint density at radius 3 is 2.81 bits per heavy atom. The number of nitrogens with two attached hydrogens (primary N) is 1. The van der Waals surface area contributed by atoms with Crippen LogP contribution in [0.1, 0.15) is 16.8 Å². The molecule has 1 aromatic heterocycles. The lowest BCUT2D eigenvalue weighted by Crippen LogP contribution is -2.21. The van der Waals surface area contributed by atoms with Crippen molar-refractivity contribution in [3.8, 4) is 0 Å². The summed E-state index contributed by atoms with van der Waals surface area (Å²) in [5, 5.41) is 0. The van der Waals surface area contributed by atoms with Crippen LogP contribution in [0.4, 0.5) is 4.39 Å². The van der Waals surface area contributed by atoms with Crippen molar-refractivity contribution in [2.24, 2.45) is 5.73 Å². The van der Waals surface area contributed by atoms with Crippen molar-refractivity contribution in [3.05, 3.63) is 65.2 Å². The van der Waals surface area contributed by atoms with Gasteiger partial charge in [0.05, 0.1) is 0 Å². The van der Waals surface area contributed by atoms with Gasteiger partial charge in [-0.15, -0.1) is 0 Å². The van der Waals surface area contributed by atoms with E-state index in [0.717, 1.165) is 24.2 Å². The molecule has 0 aliphatic carbocycles. The van der Waals surface area contributed by atoms with Crippen LogP contribution in [0.15, 0.2) is 42.6 Å². The van der Waals surface area contributed by atoms with E-state index in [1.54, 1.807) is 18.3 Å². The topological polar surface area (TPSA) is 42.2 Å². The zero-order chi connectivity index (χ0) is 15.2. The average Bonchev–Trinajstić information content (AvgIpc) is 2.48. The first-order valence-electron chi connectivity index (χ1n) is 6.73. The fraction of sp³-hybridized carbons (Fsp3) is 0.250. The van der Waals surface area contributed by atoms with Crippen LogP contribution in [0.2, 0.25) is 0 Å². The monoisotopic (exact) mass is 303 g/mol. The molecule has 5 heteroatoms. The molecule has 2 aromatic rings. The van der Waals surface area contributed by atoms with Crippen LogP contribution in [-0.4, -0.2) is 28.5 Å². The molecule has 3 nitrogen and oxygen atoms in total. The summed E-state index contributed by atoms with van der Waals surface area (Å²) in [5.74, 6) is -0.373. The lowest BCUT2D eigenvalue weighted by molar-refractivity contribution is 0.330. The van der Waals surface area contributed by atoms with Gasteiger partial charge < -0.3 is 10.6 Å². The molecule has 1 heterocycles. The number of hydrogen-bond acceptors (Lipinski definition) is 3. The van der Waals surface area contributed by atoms with Crippen LogP contribution in [0, 0.1) is 5.82 Å². The van der Waals surface area contributed by atoms with E-state index in [0.29, 0.717) is 12.1 Å². The van der Waals surface area contributed by atoms with E-state index >= 15 is 0 Å². The van der Waals surface area contributed by atoms with Gasteiger partial charge in [0.25, 0.3) is 0 Å². The zero-order valence-electron chi connectivity index (χ0n) is 11.9. The smallest absolute Gasteiger partial charge is 0.133 e. The van der Waals surface area contributed by atoms with Crippen LogP contribution < -0.4 is 5.73 Å².